The highest BCUT2D eigenvalue weighted by atomic mass is 32.2. The molecule has 1 aliphatic heterocycles. The van der Waals surface area contributed by atoms with E-state index < -0.39 is 10.0 Å². The van der Waals surface area contributed by atoms with Crippen LogP contribution in [0.4, 0.5) is 5.69 Å². The fourth-order valence-electron chi connectivity index (χ4n) is 4.11. The van der Waals surface area contributed by atoms with Crippen molar-refractivity contribution in [3.05, 3.63) is 66.2 Å². The Morgan fingerprint density at radius 3 is 2.45 bits per heavy atom. The van der Waals surface area contributed by atoms with E-state index in [1.54, 1.807) is 19.2 Å². The van der Waals surface area contributed by atoms with Crippen molar-refractivity contribution in [1.82, 2.24) is 5.32 Å². The lowest BCUT2D eigenvalue weighted by Crippen LogP contribution is -2.31. The average Bonchev–Trinajstić information content (AvgIpc) is 3.01. The molecule has 0 spiro atoms. The van der Waals surface area contributed by atoms with E-state index >= 15 is 0 Å². The van der Waals surface area contributed by atoms with E-state index in [2.05, 4.69) is 5.32 Å². The van der Waals surface area contributed by atoms with Gasteiger partial charge >= 0.3 is 0 Å². The van der Waals surface area contributed by atoms with E-state index in [-0.39, 0.29) is 24.9 Å². The van der Waals surface area contributed by atoms with Crippen LogP contribution in [0.2, 0.25) is 0 Å². The van der Waals surface area contributed by atoms with Crippen molar-refractivity contribution < 1.29 is 17.9 Å². The normalized spacial score (nSPS) is 15.1. The molecular formula is C24H26N2O4S. The molecule has 0 aliphatic carbocycles. The number of nitrogens with one attached hydrogen (secondary N) is 1. The van der Waals surface area contributed by atoms with Crippen LogP contribution in [-0.4, -0.2) is 28.0 Å². The Bertz CT molecular complexity index is 1200. The van der Waals surface area contributed by atoms with Crippen molar-refractivity contribution in [3.8, 4) is 5.75 Å². The molecule has 162 valence electrons. The van der Waals surface area contributed by atoms with Gasteiger partial charge in [-0.15, -0.1) is 0 Å². The summed E-state index contributed by atoms with van der Waals surface area (Å²) in [5.74, 6) is 0.683. The van der Waals surface area contributed by atoms with Crippen molar-refractivity contribution in [2.24, 2.45) is 0 Å². The van der Waals surface area contributed by atoms with Gasteiger partial charge in [0, 0.05) is 18.4 Å². The number of anilines is 1. The van der Waals surface area contributed by atoms with Crippen LogP contribution < -0.4 is 14.4 Å². The highest BCUT2D eigenvalue weighted by Crippen LogP contribution is 2.41. The SMILES string of the molecule is CC[C@H](NC(=O)CCCN1c2cccc3cccc(c23)S1(=O)=O)c1ccc(OC)cc1. The van der Waals surface area contributed by atoms with Crippen LogP contribution in [0.15, 0.2) is 65.6 Å². The average molecular weight is 439 g/mol. The van der Waals surface area contributed by atoms with Gasteiger partial charge in [0.25, 0.3) is 10.0 Å². The first-order valence-corrected chi connectivity index (χ1v) is 11.9. The number of hydrogen-bond donors (Lipinski definition) is 1. The molecule has 0 aromatic heterocycles. The number of nitrogens with zero attached hydrogens (tertiary/aromatic N) is 1. The molecule has 0 fully saturated rings. The molecule has 3 aromatic carbocycles. The van der Waals surface area contributed by atoms with E-state index in [1.807, 2.05) is 55.5 Å². The number of hydrogen-bond acceptors (Lipinski definition) is 4. The lowest BCUT2D eigenvalue weighted by atomic mass is 10.0. The number of carbonyl (C=O) groups is 1. The van der Waals surface area contributed by atoms with Crippen molar-refractivity contribution >= 4 is 32.4 Å². The molecule has 0 bridgehead atoms. The lowest BCUT2D eigenvalue weighted by Gasteiger charge is -2.20. The van der Waals surface area contributed by atoms with Crippen molar-refractivity contribution in [2.45, 2.75) is 37.1 Å². The van der Waals surface area contributed by atoms with Crippen molar-refractivity contribution in [1.29, 1.82) is 0 Å². The number of carbonyl (C=O) groups excluding carboxylic acids is 1. The van der Waals surface area contributed by atoms with Crippen LogP contribution in [0.3, 0.4) is 0 Å². The fourth-order valence-corrected chi connectivity index (χ4v) is 5.85. The van der Waals surface area contributed by atoms with Crippen molar-refractivity contribution in [2.75, 3.05) is 18.0 Å². The van der Waals surface area contributed by atoms with E-state index in [4.69, 9.17) is 4.74 Å². The minimum absolute atomic E-state index is 0.0880. The molecule has 6 nitrogen and oxygen atoms in total. The molecule has 1 amide bonds. The lowest BCUT2D eigenvalue weighted by molar-refractivity contribution is -0.121. The standard InChI is InChI=1S/C24H26N2O4S/c1-3-20(17-12-14-19(30-2)15-13-17)25-23(27)11-6-16-26-21-9-4-7-18-8-5-10-22(24(18)21)31(26,28)29/h4-5,7-10,12-15,20H,3,6,11,16H2,1-2H3,(H,25,27)/t20-/m0/s1. The van der Waals surface area contributed by atoms with Crippen molar-refractivity contribution in [3.63, 3.8) is 0 Å². The number of methoxy groups -OCH3 is 1. The first-order chi connectivity index (χ1) is 15.0. The smallest absolute Gasteiger partial charge is 0.265 e. The van der Waals surface area contributed by atoms with Crippen LogP contribution >= 0.6 is 0 Å². The maximum atomic E-state index is 13.0. The molecule has 0 unspecified atom stereocenters. The van der Waals surface area contributed by atoms with Crippen LogP contribution in [0.1, 0.15) is 37.8 Å². The van der Waals surface area contributed by atoms with Gasteiger partial charge in [0.05, 0.1) is 23.7 Å². The molecule has 1 atom stereocenters. The maximum Gasteiger partial charge on any atom is 0.265 e. The molecule has 4 rings (SSSR count). The van der Waals surface area contributed by atoms with Crippen LogP contribution in [0.5, 0.6) is 5.75 Å². The minimum Gasteiger partial charge on any atom is -0.497 e. The molecule has 3 aromatic rings. The van der Waals surface area contributed by atoms with Gasteiger partial charge in [0.2, 0.25) is 5.91 Å². The molecule has 0 radical (unpaired) electrons. The summed E-state index contributed by atoms with van der Waals surface area (Å²) in [6.07, 6.45) is 1.45. The molecule has 1 aliphatic rings. The van der Waals surface area contributed by atoms with Gasteiger partial charge in [-0.05, 0) is 48.1 Å². The second-order valence-corrected chi connectivity index (χ2v) is 9.44. The summed E-state index contributed by atoms with van der Waals surface area (Å²) < 4.78 is 32.6. The Morgan fingerprint density at radius 2 is 1.77 bits per heavy atom. The molecule has 1 heterocycles. The van der Waals surface area contributed by atoms with Gasteiger partial charge in [-0.2, -0.15) is 0 Å². The number of amides is 1. The quantitative estimate of drug-likeness (QED) is 0.565. The van der Waals surface area contributed by atoms with E-state index in [1.165, 1.54) is 4.31 Å². The van der Waals surface area contributed by atoms with Crippen LogP contribution in [0, 0.1) is 0 Å². The Balaban J connectivity index is 1.40. The highest BCUT2D eigenvalue weighted by Gasteiger charge is 2.35. The summed E-state index contributed by atoms with van der Waals surface area (Å²) in [5.41, 5.74) is 1.71. The molecule has 1 N–H and O–H groups in total. The molecular weight excluding hydrogens is 412 g/mol. The first-order valence-electron chi connectivity index (χ1n) is 10.4. The predicted molar refractivity (Wildman–Crippen MR) is 122 cm³/mol. The highest BCUT2D eigenvalue weighted by molar-refractivity contribution is 7.93. The van der Waals surface area contributed by atoms with Crippen LogP contribution in [-0.2, 0) is 14.8 Å². The predicted octanol–water partition coefficient (Wildman–Crippen LogP) is 4.40. The zero-order valence-corrected chi connectivity index (χ0v) is 18.5. The van der Waals surface area contributed by atoms with Gasteiger partial charge in [-0.3, -0.25) is 9.10 Å². The molecule has 0 saturated heterocycles. The van der Waals surface area contributed by atoms with Gasteiger partial charge in [-0.25, -0.2) is 8.42 Å². The van der Waals surface area contributed by atoms with Gasteiger partial charge in [0.1, 0.15) is 5.75 Å². The summed E-state index contributed by atoms with van der Waals surface area (Å²) in [6, 6.07) is 18.5. The summed E-state index contributed by atoms with van der Waals surface area (Å²) in [7, 11) is -1.97. The van der Waals surface area contributed by atoms with E-state index in [0.717, 1.165) is 28.5 Å². The molecule has 7 heteroatoms. The number of ether oxygens (including phenoxy) is 1. The molecule has 0 saturated carbocycles. The summed E-state index contributed by atoms with van der Waals surface area (Å²) in [5, 5.41) is 4.73. The zero-order valence-electron chi connectivity index (χ0n) is 17.7. The molecule has 31 heavy (non-hydrogen) atoms. The van der Waals surface area contributed by atoms with E-state index in [9.17, 15) is 13.2 Å². The van der Waals surface area contributed by atoms with Gasteiger partial charge in [0.15, 0.2) is 0 Å². The number of sulfonamides is 1. The van der Waals surface area contributed by atoms with Gasteiger partial charge in [-0.1, -0.05) is 43.3 Å². The Kier molecular flexibility index (Phi) is 5.87. The minimum atomic E-state index is -3.58. The maximum absolute atomic E-state index is 13.0. The third-order valence-corrected chi connectivity index (χ3v) is 7.56. The zero-order chi connectivity index (χ0) is 22.0. The second-order valence-electron chi connectivity index (χ2n) is 7.61. The third-order valence-electron chi connectivity index (χ3n) is 5.71. The monoisotopic (exact) mass is 438 g/mol. The second kappa shape index (κ2) is 8.59. The first kappa shape index (κ1) is 21.2. The fraction of sp³-hybridized carbons (Fsp3) is 0.292. The summed E-state index contributed by atoms with van der Waals surface area (Å²) in [4.78, 5) is 12.9. The number of benzene rings is 3. The van der Waals surface area contributed by atoms with Crippen LogP contribution in [0.25, 0.3) is 10.8 Å². The largest absolute Gasteiger partial charge is 0.497 e. The topological polar surface area (TPSA) is 75.7 Å². The summed E-state index contributed by atoms with van der Waals surface area (Å²) >= 11 is 0. The Morgan fingerprint density at radius 1 is 1.06 bits per heavy atom. The number of rotatable bonds is 8. The third kappa shape index (κ3) is 3.97. The summed E-state index contributed by atoms with van der Waals surface area (Å²) in [6.45, 7) is 2.28. The van der Waals surface area contributed by atoms with Gasteiger partial charge < -0.3 is 10.1 Å². The Labute approximate surface area is 182 Å². The Hall–Kier alpha value is -3.06. The van der Waals surface area contributed by atoms with E-state index in [0.29, 0.717) is 17.0 Å².